The van der Waals surface area contributed by atoms with E-state index in [-0.39, 0.29) is 0 Å². The molecule has 0 aliphatic carbocycles. The maximum Gasteiger partial charge on any atom is 0.182 e. The van der Waals surface area contributed by atoms with Gasteiger partial charge in [-0.2, -0.15) is 0 Å². The van der Waals surface area contributed by atoms with Crippen molar-refractivity contribution in [3.63, 3.8) is 0 Å². The van der Waals surface area contributed by atoms with Crippen molar-refractivity contribution in [2.24, 2.45) is 0 Å². The molecule has 0 atom stereocenters. The quantitative estimate of drug-likeness (QED) is 0.787. The van der Waals surface area contributed by atoms with Crippen molar-refractivity contribution in [3.05, 3.63) is 57.7 Å². The second kappa shape index (κ2) is 5.21. The van der Waals surface area contributed by atoms with Crippen molar-refractivity contribution >= 4 is 21.2 Å². The maximum atomic E-state index is 10.7. The van der Waals surface area contributed by atoms with E-state index in [4.69, 9.17) is 4.74 Å². The van der Waals surface area contributed by atoms with Crippen LogP contribution in [0.25, 0.3) is 0 Å². The summed E-state index contributed by atoms with van der Waals surface area (Å²) in [6.45, 7) is 2.04. The third kappa shape index (κ3) is 2.88. The fourth-order valence-corrected chi connectivity index (χ4v) is 1.95. The zero-order chi connectivity index (χ0) is 11.4. The molecule has 0 N–H and O–H groups in total. The Balaban J connectivity index is 2.14. The molecule has 3 heteroatoms. The molecule has 0 fully saturated rings. The Labute approximate surface area is 105 Å². The molecule has 0 spiro atoms. The molecule has 0 aliphatic rings. The summed E-state index contributed by atoms with van der Waals surface area (Å²) in [7, 11) is 0. The summed E-state index contributed by atoms with van der Waals surface area (Å²) >= 11 is -1.07. The number of hydrogen-bond donors (Lipinski definition) is 0. The first-order valence-electron chi connectivity index (χ1n) is 4.89. The van der Waals surface area contributed by atoms with Crippen LogP contribution in [0.3, 0.4) is 0 Å². The summed E-state index contributed by atoms with van der Waals surface area (Å²) in [5, 5.41) is 0. The van der Waals surface area contributed by atoms with Crippen molar-refractivity contribution < 1.29 is 7.81 Å². The summed E-state index contributed by atoms with van der Waals surface area (Å²) in [5.74, 6) is 1.58. The van der Waals surface area contributed by atoms with Gasteiger partial charge < -0.3 is 4.74 Å². The Hall–Kier alpha value is -1.23. The van der Waals surface area contributed by atoms with Gasteiger partial charge in [-0.05, 0) is 43.3 Å². The van der Waals surface area contributed by atoms with Crippen LogP contribution in [0.1, 0.15) is 5.56 Å². The second-order valence-electron chi connectivity index (χ2n) is 3.45. The average Bonchev–Trinajstić information content (AvgIpc) is 2.33. The molecule has 82 valence electrons. The van der Waals surface area contributed by atoms with Crippen molar-refractivity contribution in [2.45, 2.75) is 6.92 Å². The monoisotopic (exact) mass is 326 g/mol. The fourth-order valence-electron chi connectivity index (χ4n) is 1.30. The summed E-state index contributed by atoms with van der Waals surface area (Å²) in [5.41, 5.74) is 1.21. The summed E-state index contributed by atoms with van der Waals surface area (Å²) in [6, 6.07) is 15.2. The molecular weight excluding hydrogens is 315 g/mol. The largest absolute Gasteiger partial charge is 0.457 e. The predicted molar refractivity (Wildman–Crippen MR) is 71.1 cm³/mol. The smallest absolute Gasteiger partial charge is 0.182 e. The molecule has 0 saturated heterocycles. The number of hydrogen-bond acceptors (Lipinski definition) is 2. The van der Waals surface area contributed by atoms with E-state index in [0.29, 0.717) is 0 Å². The van der Waals surface area contributed by atoms with Crippen LogP contribution >= 0.6 is 21.2 Å². The normalized spacial score (nSPS) is 10.1. The minimum atomic E-state index is -1.07. The minimum Gasteiger partial charge on any atom is -0.457 e. The van der Waals surface area contributed by atoms with Gasteiger partial charge >= 0.3 is 0 Å². The van der Waals surface area contributed by atoms with Gasteiger partial charge in [0.25, 0.3) is 0 Å². The first-order chi connectivity index (χ1) is 7.78. The first-order valence-corrected chi connectivity index (χ1v) is 6.85. The number of rotatable bonds is 3. The summed E-state index contributed by atoms with van der Waals surface area (Å²) in [4.78, 5) is 0. The maximum absolute atomic E-state index is 10.7. The Bertz CT molecular complexity index is 474. The van der Waals surface area contributed by atoms with Gasteiger partial charge in [-0.25, -0.2) is 0 Å². The summed E-state index contributed by atoms with van der Waals surface area (Å²) in [6.07, 6.45) is 0. The average molecular weight is 326 g/mol. The lowest BCUT2D eigenvalue weighted by atomic mass is 10.2. The first kappa shape index (κ1) is 11.3. The lowest BCUT2D eigenvalue weighted by Gasteiger charge is -2.05. The standard InChI is InChI=1S/C13H11IO2/c1-10-2-6-12(7-3-10)16-13-8-4-11(14-15)5-9-13/h2-9H,1H3. The number of ether oxygens (including phenoxy) is 1. The molecule has 0 heterocycles. The van der Waals surface area contributed by atoms with Crippen LogP contribution in [-0.2, 0) is 3.07 Å². The van der Waals surface area contributed by atoms with Gasteiger partial charge in [0, 0.05) is 3.57 Å². The van der Waals surface area contributed by atoms with Gasteiger partial charge in [0.15, 0.2) is 21.2 Å². The third-order valence-electron chi connectivity index (χ3n) is 2.16. The lowest BCUT2D eigenvalue weighted by Crippen LogP contribution is -1.84. The van der Waals surface area contributed by atoms with E-state index in [1.54, 1.807) is 0 Å². The van der Waals surface area contributed by atoms with Crippen molar-refractivity contribution in [1.29, 1.82) is 0 Å². The molecular formula is C13H11IO2. The van der Waals surface area contributed by atoms with Crippen LogP contribution in [0.4, 0.5) is 0 Å². The van der Waals surface area contributed by atoms with Gasteiger partial charge in [-0.3, -0.25) is 3.07 Å². The molecule has 2 rings (SSSR count). The fraction of sp³-hybridized carbons (Fsp3) is 0.0769. The molecule has 0 amide bonds. The topological polar surface area (TPSA) is 26.3 Å². The Morgan fingerprint density at radius 2 is 1.38 bits per heavy atom. The molecule has 0 saturated carbocycles. The Morgan fingerprint density at radius 3 is 1.88 bits per heavy atom. The molecule has 2 nitrogen and oxygen atoms in total. The highest BCUT2D eigenvalue weighted by Crippen LogP contribution is 2.22. The highest BCUT2D eigenvalue weighted by atomic mass is 127. The predicted octanol–water partition coefficient (Wildman–Crippen LogP) is 4.27. The number of halogens is 1. The zero-order valence-electron chi connectivity index (χ0n) is 8.81. The minimum absolute atomic E-state index is 0.769. The number of benzene rings is 2. The Kier molecular flexibility index (Phi) is 3.66. The van der Waals surface area contributed by atoms with Crippen molar-refractivity contribution in [3.8, 4) is 11.5 Å². The van der Waals surface area contributed by atoms with E-state index in [2.05, 4.69) is 0 Å². The van der Waals surface area contributed by atoms with Gasteiger partial charge in [0.05, 0.1) is 0 Å². The lowest BCUT2D eigenvalue weighted by molar-refractivity contribution is 0.482. The van der Waals surface area contributed by atoms with Crippen LogP contribution in [0.2, 0.25) is 0 Å². The number of aryl methyl sites for hydroxylation is 1. The Morgan fingerprint density at radius 1 is 0.875 bits per heavy atom. The van der Waals surface area contributed by atoms with Crippen LogP contribution < -0.4 is 4.74 Å². The molecule has 0 radical (unpaired) electrons. The molecule has 0 unspecified atom stereocenters. The second-order valence-corrected chi connectivity index (χ2v) is 5.13. The van der Waals surface area contributed by atoms with E-state index < -0.39 is 21.2 Å². The van der Waals surface area contributed by atoms with Gasteiger partial charge in [0.1, 0.15) is 11.5 Å². The van der Waals surface area contributed by atoms with Crippen molar-refractivity contribution in [1.82, 2.24) is 0 Å². The van der Waals surface area contributed by atoms with E-state index in [1.165, 1.54) is 5.56 Å². The van der Waals surface area contributed by atoms with Gasteiger partial charge in [-0.15, -0.1) is 0 Å². The van der Waals surface area contributed by atoms with Gasteiger partial charge in [-0.1, -0.05) is 17.7 Å². The molecule has 0 aliphatic heterocycles. The van der Waals surface area contributed by atoms with E-state index in [9.17, 15) is 3.07 Å². The zero-order valence-corrected chi connectivity index (χ0v) is 11.0. The van der Waals surface area contributed by atoms with E-state index >= 15 is 0 Å². The molecule has 0 bridgehead atoms. The van der Waals surface area contributed by atoms with Crippen LogP contribution in [0.5, 0.6) is 11.5 Å². The van der Waals surface area contributed by atoms with Crippen molar-refractivity contribution in [2.75, 3.05) is 0 Å². The molecule has 16 heavy (non-hydrogen) atoms. The van der Waals surface area contributed by atoms with Crippen LogP contribution in [0, 0.1) is 10.5 Å². The summed E-state index contributed by atoms with van der Waals surface area (Å²) < 4.78 is 17.2. The van der Waals surface area contributed by atoms with E-state index in [0.717, 1.165) is 15.1 Å². The highest BCUT2D eigenvalue weighted by molar-refractivity contribution is 14.1. The van der Waals surface area contributed by atoms with E-state index in [1.807, 2.05) is 55.5 Å². The molecule has 2 aromatic rings. The highest BCUT2D eigenvalue weighted by Gasteiger charge is 1.97. The van der Waals surface area contributed by atoms with Crippen LogP contribution in [0.15, 0.2) is 48.5 Å². The SMILES string of the molecule is Cc1ccc(Oc2ccc(I=O)cc2)cc1. The van der Waals surface area contributed by atoms with Crippen LogP contribution in [-0.4, -0.2) is 0 Å². The molecule has 0 aromatic heterocycles. The third-order valence-corrected chi connectivity index (χ3v) is 3.39. The molecule has 2 aromatic carbocycles. The van der Waals surface area contributed by atoms with Gasteiger partial charge in [0.2, 0.25) is 0 Å².